The molecule has 2 aromatic rings. The molecule has 2 amide bonds. The van der Waals surface area contributed by atoms with Gasteiger partial charge in [-0.15, -0.1) is 0 Å². The van der Waals surface area contributed by atoms with Gasteiger partial charge in [-0.05, 0) is 76.9 Å². The van der Waals surface area contributed by atoms with E-state index >= 15 is 0 Å². The van der Waals surface area contributed by atoms with Gasteiger partial charge in [0, 0.05) is 15.6 Å². The summed E-state index contributed by atoms with van der Waals surface area (Å²) in [5.41, 5.74) is 1.36. The predicted molar refractivity (Wildman–Crippen MR) is 145 cm³/mol. The Morgan fingerprint density at radius 3 is 2.61 bits per heavy atom. The van der Waals surface area contributed by atoms with E-state index in [0.29, 0.717) is 38.2 Å². The average Bonchev–Trinajstić information content (AvgIpc) is 3.07. The van der Waals surface area contributed by atoms with Crippen LogP contribution in [0.1, 0.15) is 37.8 Å². The SMILES string of the molecule is CCCCOC(=O)CN1C(=O)S/C(=C\c2cc(Br)c(OCc3ccc(Cl)cc3Cl)c(OCC)c2)C1=O. The first-order valence-corrected chi connectivity index (χ1v) is 13.5. The minimum absolute atomic E-state index is 0.182. The van der Waals surface area contributed by atoms with Crippen molar-refractivity contribution in [2.24, 2.45) is 0 Å². The third-order valence-electron chi connectivity index (χ3n) is 4.94. The van der Waals surface area contributed by atoms with Crippen molar-refractivity contribution in [1.82, 2.24) is 4.90 Å². The van der Waals surface area contributed by atoms with Crippen LogP contribution in [0, 0.1) is 0 Å². The standard InChI is InChI=1S/C25H24BrCl2NO6S/c1-3-5-8-34-22(30)13-29-24(31)21(36-25(29)32)11-15-9-18(26)23(20(10-15)33-4-2)35-14-16-6-7-17(27)12-19(16)28/h6-7,9-12H,3-5,8,13-14H2,1-2H3/b21-11-. The van der Waals surface area contributed by atoms with Crippen LogP contribution in [0.15, 0.2) is 39.7 Å². The highest BCUT2D eigenvalue weighted by Crippen LogP contribution is 2.40. The molecule has 0 aromatic heterocycles. The fourth-order valence-corrected chi connectivity index (χ4v) is 5.03. The van der Waals surface area contributed by atoms with Crippen LogP contribution in [-0.4, -0.2) is 41.8 Å². The number of hydrogen-bond donors (Lipinski definition) is 0. The van der Waals surface area contributed by atoms with Crippen LogP contribution >= 0.6 is 50.9 Å². The molecule has 1 aliphatic rings. The first kappa shape index (κ1) is 28.4. The number of benzene rings is 2. The molecule has 0 spiro atoms. The zero-order valence-electron chi connectivity index (χ0n) is 19.6. The lowest BCUT2D eigenvalue weighted by Gasteiger charge is -2.15. The van der Waals surface area contributed by atoms with Gasteiger partial charge in [-0.1, -0.05) is 42.6 Å². The Bertz CT molecular complexity index is 1190. The van der Waals surface area contributed by atoms with E-state index in [1.54, 1.807) is 36.4 Å². The van der Waals surface area contributed by atoms with Crippen LogP contribution in [0.4, 0.5) is 4.79 Å². The fourth-order valence-electron chi connectivity index (χ4n) is 3.16. The summed E-state index contributed by atoms with van der Waals surface area (Å²) in [5, 5.41) is 0.489. The minimum Gasteiger partial charge on any atom is -0.490 e. The lowest BCUT2D eigenvalue weighted by Crippen LogP contribution is -2.34. The second kappa shape index (κ2) is 13.4. The van der Waals surface area contributed by atoms with Gasteiger partial charge in [-0.25, -0.2) is 0 Å². The summed E-state index contributed by atoms with van der Waals surface area (Å²) in [7, 11) is 0. The van der Waals surface area contributed by atoms with Crippen molar-refractivity contribution >= 4 is 74.1 Å². The molecule has 11 heteroatoms. The quantitative estimate of drug-likeness (QED) is 0.151. The van der Waals surface area contributed by atoms with Gasteiger partial charge in [0.25, 0.3) is 11.1 Å². The molecule has 0 atom stereocenters. The molecule has 0 unspecified atom stereocenters. The lowest BCUT2D eigenvalue weighted by atomic mass is 10.1. The molecule has 1 heterocycles. The Morgan fingerprint density at radius 2 is 1.92 bits per heavy atom. The van der Waals surface area contributed by atoms with E-state index in [2.05, 4.69) is 15.9 Å². The van der Waals surface area contributed by atoms with Crippen molar-refractivity contribution in [2.75, 3.05) is 19.8 Å². The predicted octanol–water partition coefficient (Wildman–Crippen LogP) is 7.11. The average molecular weight is 617 g/mol. The van der Waals surface area contributed by atoms with Gasteiger partial charge >= 0.3 is 5.97 Å². The number of nitrogens with zero attached hydrogens (tertiary/aromatic N) is 1. The van der Waals surface area contributed by atoms with E-state index < -0.39 is 23.7 Å². The molecule has 0 aliphatic carbocycles. The maximum absolute atomic E-state index is 12.8. The molecule has 1 saturated heterocycles. The summed E-state index contributed by atoms with van der Waals surface area (Å²) in [4.78, 5) is 38.2. The Hall–Kier alpha value is -2.20. The molecule has 7 nitrogen and oxygen atoms in total. The van der Waals surface area contributed by atoms with Crippen LogP contribution in [0.25, 0.3) is 6.08 Å². The molecule has 2 aromatic carbocycles. The van der Waals surface area contributed by atoms with Crippen molar-refractivity contribution in [2.45, 2.75) is 33.3 Å². The maximum Gasteiger partial charge on any atom is 0.326 e. The molecule has 0 radical (unpaired) electrons. The molecular weight excluding hydrogens is 593 g/mol. The first-order valence-electron chi connectivity index (χ1n) is 11.2. The number of amides is 2. The molecule has 0 bridgehead atoms. The second-order valence-corrected chi connectivity index (χ2v) is 10.3. The van der Waals surface area contributed by atoms with Crippen LogP contribution < -0.4 is 9.47 Å². The van der Waals surface area contributed by atoms with E-state index in [1.165, 1.54) is 0 Å². The number of hydrogen-bond acceptors (Lipinski definition) is 7. The van der Waals surface area contributed by atoms with Crippen LogP contribution in [0.3, 0.4) is 0 Å². The Kier molecular flexibility index (Phi) is 10.5. The molecule has 192 valence electrons. The summed E-state index contributed by atoms with van der Waals surface area (Å²) in [6.07, 6.45) is 3.16. The van der Waals surface area contributed by atoms with Crippen molar-refractivity contribution in [1.29, 1.82) is 0 Å². The normalized spacial score (nSPS) is 14.5. The van der Waals surface area contributed by atoms with E-state index in [0.717, 1.165) is 35.1 Å². The molecule has 0 saturated carbocycles. The molecule has 1 aliphatic heterocycles. The third kappa shape index (κ3) is 7.41. The smallest absolute Gasteiger partial charge is 0.326 e. The minimum atomic E-state index is -0.615. The van der Waals surface area contributed by atoms with Gasteiger partial charge < -0.3 is 14.2 Å². The number of carbonyl (C=O) groups is 3. The summed E-state index contributed by atoms with van der Waals surface area (Å²) >= 11 is 16.5. The highest BCUT2D eigenvalue weighted by molar-refractivity contribution is 9.10. The number of carbonyl (C=O) groups excluding carboxylic acids is 3. The van der Waals surface area contributed by atoms with E-state index in [9.17, 15) is 14.4 Å². The van der Waals surface area contributed by atoms with Crippen molar-refractivity contribution in [3.8, 4) is 11.5 Å². The van der Waals surface area contributed by atoms with Gasteiger partial charge in [0.1, 0.15) is 13.2 Å². The molecule has 36 heavy (non-hydrogen) atoms. The van der Waals surface area contributed by atoms with Gasteiger partial charge in [0.05, 0.1) is 22.6 Å². The van der Waals surface area contributed by atoms with E-state index in [-0.39, 0.29) is 18.1 Å². The maximum atomic E-state index is 12.8. The van der Waals surface area contributed by atoms with Crippen LogP contribution in [0.2, 0.25) is 10.0 Å². The molecule has 0 N–H and O–H groups in total. The van der Waals surface area contributed by atoms with Crippen molar-refractivity contribution in [3.05, 3.63) is 60.9 Å². The summed E-state index contributed by atoms with van der Waals surface area (Å²) in [6, 6.07) is 8.60. The van der Waals surface area contributed by atoms with E-state index in [1.807, 2.05) is 13.8 Å². The Morgan fingerprint density at radius 1 is 1.14 bits per heavy atom. The Balaban J connectivity index is 1.77. The molecule has 1 fully saturated rings. The molecular formula is C25H24BrCl2NO6S. The highest BCUT2D eigenvalue weighted by Gasteiger charge is 2.36. The van der Waals surface area contributed by atoms with Gasteiger partial charge in [-0.2, -0.15) is 0 Å². The number of halogens is 3. The van der Waals surface area contributed by atoms with Gasteiger partial charge in [-0.3, -0.25) is 19.3 Å². The van der Waals surface area contributed by atoms with Crippen LogP contribution in [0.5, 0.6) is 11.5 Å². The molecule has 3 rings (SSSR count). The van der Waals surface area contributed by atoms with E-state index in [4.69, 9.17) is 37.4 Å². The summed E-state index contributed by atoms with van der Waals surface area (Å²) in [5.74, 6) is -0.259. The topological polar surface area (TPSA) is 82.1 Å². The fraction of sp³-hybridized carbons (Fsp3) is 0.320. The Labute approximate surface area is 232 Å². The van der Waals surface area contributed by atoms with Crippen LogP contribution in [-0.2, 0) is 20.9 Å². The highest BCUT2D eigenvalue weighted by atomic mass is 79.9. The van der Waals surface area contributed by atoms with Crippen molar-refractivity contribution < 1.29 is 28.6 Å². The number of imide groups is 1. The van der Waals surface area contributed by atoms with Crippen molar-refractivity contribution in [3.63, 3.8) is 0 Å². The number of ether oxygens (including phenoxy) is 3. The third-order valence-corrected chi connectivity index (χ3v) is 7.02. The zero-order chi connectivity index (χ0) is 26.2. The van der Waals surface area contributed by atoms with Gasteiger partial charge in [0.15, 0.2) is 11.5 Å². The number of esters is 1. The zero-order valence-corrected chi connectivity index (χ0v) is 23.6. The summed E-state index contributed by atoms with van der Waals surface area (Å²) in [6.45, 7) is 4.21. The number of rotatable bonds is 11. The number of thioether (sulfide) groups is 1. The lowest BCUT2D eigenvalue weighted by molar-refractivity contribution is -0.146. The summed E-state index contributed by atoms with van der Waals surface area (Å²) < 4.78 is 17.4. The monoisotopic (exact) mass is 615 g/mol. The second-order valence-electron chi connectivity index (χ2n) is 7.63. The first-order chi connectivity index (χ1) is 17.2. The van der Waals surface area contributed by atoms with Gasteiger partial charge in [0.2, 0.25) is 0 Å². The largest absolute Gasteiger partial charge is 0.490 e. The number of unbranched alkanes of at least 4 members (excludes halogenated alkanes) is 1.